The van der Waals surface area contributed by atoms with Gasteiger partial charge in [-0.3, -0.25) is 9.69 Å². The highest BCUT2D eigenvalue weighted by Gasteiger charge is 2.49. The van der Waals surface area contributed by atoms with E-state index in [2.05, 4.69) is 58.8 Å². The third kappa shape index (κ3) is 2.37. The summed E-state index contributed by atoms with van der Waals surface area (Å²) in [6.07, 6.45) is 3.38. The van der Waals surface area contributed by atoms with Gasteiger partial charge in [0.25, 0.3) is 0 Å². The minimum atomic E-state index is -0.0502. The van der Waals surface area contributed by atoms with Crippen LogP contribution in [0.3, 0.4) is 0 Å². The minimum Gasteiger partial charge on any atom is -0.469 e. The van der Waals surface area contributed by atoms with Crippen LogP contribution in [-0.2, 0) is 9.53 Å². The lowest BCUT2D eigenvalue weighted by Crippen LogP contribution is -2.49. The first-order valence-corrected chi connectivity index (χ1v) is 8.25. The number of ether oxygens (including phenoxy) is 1. The number of rotatable bonds is 2. The topological polar surface area (TPSA) is 29.5 Å². The molecule has 0 amide bonds. The molecule has 3 rings (SSSR count). The highest BCUT2D eigenvalue weighted by molar-refractivity contribution is 14.1. The molecular weight excluding hydrogens is 363 g/mol. The number of benzene rings is 1. The smallest absolute Gasteiger partial charge is 0.310 e. The summed E-state index contributed by atoms with van der Waals surface area (Å²) in [5, 5.41) is 0. The van der Waals surface area contributed by atoms with E-state index in [1.165, 1.54) is 22.7 Å². The average Bonchev–Trinajstić information content (AvgIpc) is 2.70. The Morgan fingerprint density at radius 2 is 2.00 bits per heavy atom. The van der Waals surface area contributed by atoms with Gasteiger partial charge in [-0.25, -0.2) is 0 Å². The second-order valence-electron chi connectivity index (χ2n) is 5.91. The van der Waals surface area contributed by atoms with E-state index in [0.717, 1.165) is 12.8 Å². The van der Waals surface area contributed by atoms with Crippen LogP contribution in [-0.4, -0.2) is 37.1 Å². The van der Waals surface area contributed by atoms with Crippen molar-refractivity contribution in [2.75, 3.05) is 14.2 Å². The van der Waals surface area contributed by atoms with Crippen LogP contribution in [0.15, 0.2) is 24.3 Å². The first kappa shape index (κ1) is 14.3. The van der Waals surface area contributed by atoms with E-state index in [1.807, 2.05) is 0 Å². The Kier molecular flexibility index (Phi) is 4.04. The summed E-state index contributed by atoms with van der Waals surface area (Å²) in [6.45, 7) is 0. The minimum absolute atomic E-state index is 0.0242. The van der Waals surface area contributed by atoms with Crippen LogP contribution in [0.1, 0.15) is 30.7 Å². The highest BCUT2D eigenvalue weighted by atomic mass is 125. The van der Waals surface area contributed by atoms with Gasteiger partial charge in [0.2, 0.25) is 0 Å². The average molecular weight is 383 g/mol. The van der Waals surface area contributed by atoms with Crippen molar-refractivity contribution >= 4 is 28.6 Å². The van der Waals surface area contributed by atoms with Crippen LogP contribution in [0, 0.1) is 9.49 Å². The molecule has 2 aliphatic heterocycles. The van der Waals surface area contributed by atoms with Gasteiger partial charge in [-0.1, -0.05) is 12.1 Å². The Morgan fingerprint density at radius 1 is 1.30 bits per heavy atom. The number of nitrogens with zero attached hydrogens (tertiary/aromatic N) is 1. The number of hydrogen-bond donors (Lipinski definition) is 0. The number of carbonyl (C=O) groups excluding carboxylic acids is 1. The molecule has 0 spiro atoms. The molecule has 0 saturated carbocycles. The lowest BCUT2D eigenvalue weighted by Gasteiger charge is -2.41. The van der Waals surface area contributed by atoms with Gasteiger partial charge in [0.05, 0.1) is 13.0 Å². The summed E-state index contributed by atoms with van der Waals surface area (Å²) < 4.78 is 6.33. The Balaban J connectivity index is 1.95. The highest BCUT2D eigenvalue weighted by Crippen LogP contribution is 2.46. The zero-order valence-electron chi connectivity index (χ0n) is 11.9. The first-order chi connectivity index (χ1) is 9.61. The summed E-state index contributed by atoms with van der Waals surface area (Å²) in [7, 11) is 3.66. The van der Waals surface area contributed by atoms with Crippen LogP contribution >= 0.6 is 22.6 Å². The maximum absolute atomic E-state index is 12.3. The van der Waals surface area contributed by atoms with Gasteiger partial charge in [0.1, 0.15) is 0 Å². The third-order valence-corrected chi connectivity index (χ3v) is 5.76. The van der Waals surface area contributed by atoms with Crippen LogP contribution in [0.4, 0.5) is 0 Å². The van der Waals surface area contributed by atoms with Crippen molar-refractivity contribution in [1.82, 2.24) is 4.90 Å². The van der Waals surface area contributed by atoms with E-state index < -0.39 is 0 Å². The number of carbonyl (C=O) groups is 1. The molecule has 2 bridgehead atoms. The van der Waals surface area contributed by atoms with Crippen molar-refractivity contribution in [3.8, 4) is 0 Å². The molecule has 0 aromatic heterocycles. The fourth-order valence-electron chi connectivity index (χ4n) is 3.98. The van der Waals surface area contributed by atoms with Crippen molar-refractivity contribution in [3.63, 3.8) is 0 Å². The van der Waals surface area contributed by atoms with E-state index in [0.29, 0.717) is 18.0 Å². The van der Waals surface area contributed by atoms with Gasteiger partial charge in [-0.2, -0.15) is 0 Å². The molecule has 2 fully saturated rings. The fourth-order valence-corrected chi connectivity index (χ4v) is 4.34. The van der Waals surface area contributed by atoms with Gasteiger partial charge in [0, 0.05) is 21.6 Å². The zero-order chi connectivity index (χ0) is 14.3. The molecule has 2 aliphatic rings. The van der Waals surface area contributed by atoms with Crippen molar-refractivity contribution in [2.24, 2.45) is 5.92 Å². The summed E-state index contributed by atoms with van der Waals surface area (Å²) >= 11 is 2.32. The number of piperidine rings is 1. The van der Waals surface area contributed by atoms with E-state index in [9.17, 15) is 4.79 Å². The molecule has 2 saturated heterocycles. The molecule has 4 atom stereocenters. The van der Waals surface area contributed by atoms with Crippen LogP contribution in [0.25, 0.3) is 0 Å². The largest absolute Gasteiger partial charge is 0.469 e. The van der Waals surface area contributed by atoms with E-state index in [-0.39, 0.29) is 11.9 Å². The van der Waals surface area contributed by atoms with Crippen molar-refractivity contribution < 1.29 is 9.53 Å². The Hall–Kier alpha value is -0.620. The monoisotopic (exact) mass is 383 g/mol. The molecule has 1 aromatic rings. The first-order valence-electron chi connectivity index (χ1n) is 7.17. The Labute approximate surface area is 133 Å². The maximum atomic E-state index is 12.3. The third-order valence-electron chi connectivity index (χ3n) is 5.04. The molecule has 20 heavy (non-hydrogen) atoms. The number of hydrogen-bond acceptors (Lipinski definition) is 3. The number of fused-ring (bicyclic) bond motifs is 2. The predicted octanol–water partition coefficient (Wildman–Crippen LogP) is 3.03. The summed E-state index contributed by atoms with van der Waals surface area (Å²) in [5.74, 6) is 0.225. The van der Waals surface area contributed by atoms with Gasteiger partial charge in [-0.05, 0) is 66.6 Å². The molecule has 3 nitrogen and oxygen atoms in total. The van der Waals surface area contributed by atoms with Crippen LogP contribution < -0.4 is 0 Å². The predicted molar refractivity (Wildman–Crippen MR) is 86.6 cm³/mol. The number of esters is 1. The molecular formula is C16H20INO2. The molecule has 2 heterocycles. The fraction of sp³-hybridized carbons (Fsp3) is 0.562. The molecule has 4 heteroatoms. The Bertz CT molecular complexity index is 502. The van der Waals surface area contributed by atoms with Crippen LogP contribution in [0.2, 0.25) is 0 Å². The lowest BCUT2D eigenvalue weighted by atomic mass is 9.76. The summed E-state index contributed by atoms with van der Waals surface area (Å²) in [5.41, 5.74) is 1.28. The molecule has 1 aromatic carbocycles. The SMILES string of the molecule is COC(=O)[C@H]1[C@@H](c2ccc([125I])cc2)C[C@@H]2CC[C@H]1N2C. The normalized spacial score (nSPS) is 33.1. The lowest BCUT2D eigenvalue weighted by molar-refractivity contribution is -0.150. The number of halogens is 1. The Morgan fingerprint density at radius 3 is 2.65 bits per heavy atom. The molecule has 0 unspecified atom stereocenters. The van der Waals surface area contributed by atoms with E-state index >= 15 is 0 Å². The van der Waals surface area contributed by atoms with Crippen molar-refractivity contribution in [1.29, 1.82) is 0 Å². The molecule has 108 valence electrons. The zero-order valence-corrected chi connectivity index (χ0v) is 14.0. The molecule has 0 radical (unpaired) electrons. The number of methoxy groups -OCH3 is 1. The molecule has 0 aliphatic carbocycles. The van der Waals surface area contributed by atoms with Crippen molar-refractivity contribution in [3.05, 3.63) is 33.4 Å². The standard InChI is InChI=1S/C16H20INO2/c1-18-12-7-8-14(18)15(16(19)20-2)13(9-12)10-3-5-11(17)6-4-10/h3-6,12-15H,7-9H2,1-2H3/t12-,13+,14+,15-/m0/s1/i17-2. The molecule has 0 N–H and O–H groups in total. The summed E-state index contributed by atoms with van der Waals surface area (Å²) in [4.78, 5) is 14.7. The summed E-state index contributed by atoms with van der Waals surface area (Å²) in [6, 6.07) is 9.56. The maximum Gasteiger partial charge on any atom is 0.310 e. The van der Waals surface area contributed by atoms with E-state index in [1.54, 1.807) is 0 Å². The van der Waals surface area contributed by atoms with Crippen LogP contribution in [0.5, 0.6) is 0 Å². The van der Waals surface area contributed by atoms with E-state index in [4.69, 9.17) is 4.74 Å². The van der Waals surface area contributed by atoms with Gasteiger partial charge < -0.3 is 4.74 Å². The van der Waals surface area contributed by atoms with Gasteiger partial charge in [-0.15, -0.1) is 0 Å². The van der Waals surface area contributed by atoms with Gasteiger partial charge >= 0.3 is 5.97 Å². The second kappa shape index (κ2) is 5.64. The quantitative estimate of drug-likeness (QED) is 0.581. The van der Waals surface area contributed by atoms with Gasteiger partial charge in [0.15, 0.2) is 0 Å². The van der Waals surface area contributed by atoms with Crippen molar-refractivity contribution in [2.45, 2.75) is 37.3 Å². The second-order valence-corrected chi connectivity index (χ2v) is 7.15.